The average molecular weight is 393 g/mol. The Morgan fingerprint density at radius 2 is 2.00 bits per heavy atom. The van der Waals surface area contributed by atoms with Gasteiger partial charge in [0.25, 0.3) is 0 Å². The van der Waals surface area contributed by atoms with Gasteiger partial charge in [-0.1, -0.05) is 12.8 Å². The fourth-order valence-electron chi connectivity index (χ4n) is 4.42. The first kappa shape index (κ1) is 16.3. The van der Waals surface area contributed by atoms with Gasteiger partial charge in [0.1, 0.15) is 0 Å². The van der Waals surface area contributed by atoms with Crippen molar-refractivity contribution in [3.63, 3.8) is 0 Å². The molecule has 5 heteroatoms. The standard InChI is InChI=1S/C15H27N3O.HI/c16-14(18-13-3-1-2-4-13)17-8-7-15(19)10-11-5-6-12(15)9-11;/h11-13,19H,1-10H2,(H3,16,17,18);1H. The fourth-order valence-corrected chi connectivity index (χ4v) is 4.42. The topological polar surface area (TPSA) is 70.6 Å². The predicted molar refractivity (Wildman–Crippen MR) is 92.3 cm³/mol. The molecule has 4 N–H and O–H groups in total. The van der Waals surface area contributed by atoms with Gasteiger partial charge < -0.3 is 16.2 Å². The van der Waals surface area contributed by atoms with Crippen molar-refractivity contribution in [3.05, 3.63) is 0 Å². The van der Waals surface area contributed by atoms with E-state index in [1.54, 1.807) is 0 Å². The summed E-state index contributed by atoms with van der Waals surface area (Å²) in [6.07, 6.45) is 10.6. The summed E-state index contributed by atoms with van der Waals surface area (Å²) in [5.74, 6) is 1.86. The van der Waals surface area contributed by atoms with Crippen LogP contribution in [0.3, 0.4) is 0 Å². The van der Waals surface area contributed by atoms with E-state index in [0.717, 1.165) is 18.8 Å². The molecule has 3 aliphatic rings. The number of halogens is 1. The maximum atomic E-state index is 10.6. The van der Waals surface area contributed by atoms with E-state index < -0.39 is 5.60 Å². The molecule has 3 atom stereocenters. The third-order valence-corrected chi connectivity index (χ3v) is 5.48. The minimum Gasteiger partial charge on any atom is -0.390 e. The van der Waals surface area contributed by atoms with Crippen LogP contribution in [0.15, 0.2) is 4.99 Å². The second-order valence-corrected chi connectivity index (χ2v) is 6.83. The van der Waals surface area contributed by atoms with Crippen molar-refractivity contribution in [1.29, 1.82) is 0 Å². The molecule has 0 aromatic carbocycles. The zero-order valence-electron chi connectivity index (χ0n) is 12.2. The Morgan fingerprint density at radius 3 is 2.60 bits per heavy atom. The van der Waals surface area contributed by atoms with Crippen molar-refractivity contribution >= 4 is 29.9 Å². The second kappa shape index (κ2) is 6.81. The molecule has 3 unspecified atom stereocenters. The van der Waals surface area contributed by atoms with Gasteiger partial charge in [-0.25, -0.2) is 0 Å². The molecule has 116 valence electrons. The smallest absolute Gasteiger partial charge is 0.188 e. The number of nitrogens with one attached hydrogen (secondary N) is 1. The minimum atomic E-state index is -0.444. The summed E-state index contributed by atoms with van der Waals surface area (Å²) in [5, 5.41) is 13.9. The molecule has 3 saturated carbocycles. The largest absolute Gasteiger partial charge is 0.390 e. The second-order valence-electron chi connectivity index (χ2n) is 6.83. The van der Waals surface area contributed by atoms with Crippen LogP contribution in [0.1, 0.15) is 57.8 Å². The SMILES string of the molecule is I.NC(=NCCC1(O)CC2CCC1C2)NC1CCCC1. The first-order valence-electron chi connectivity index (χ1n) is 7.94. The van der Waals surface area contributed by atoms with E-state index in [0.29, 0.717) is 24.5 Å². The highest BCUT2D eigenvalue weighted by Gasteiger charge is 2.49. The van der Waals surface area contributed by atoms with Crippen LogP contribution < -0.4 is 11.1 Å². The first-order valence-corrected chi connectivity index (χ1v) is 7.94. The molecule has 4 nitrogen and oxygen atoms in total. The number of fused-ring (bicyclic) bond motifs is 2. The van der Waals surface area contributed by atoms with Crippen molar-refractivity contribution in [3.8, 4) is 0 Å². The van der Waals surface area contributed by atoms with Gasteiger partial charge in [0, 0.05) is 12.6 Å². The molecule has 0 aromatic heterocycles. The zero-order valence-corrected chi connectivity index (χ0v) is 14.5. The van der Waals surface area contributed by atoms with Gasteiger partial charge in [0.2, 0.25) is 0 Å². The van der Waals surface area contributed by atoms with E-state index in [-0.39, 0.29) is 24.0 Å². The highest BCUT2D eigenvalue weighted by Crippen LogP contribution is 2.52. The van der Waals surface area contributed by atoms with Crippen molar-refractivity contribution in [2.24, 2.45) is 22.6 Å². The van der Waals surface area contributed by atoms with E-state index >= 15 is 0 Å². The summed E-state index contributed by atoms with van der Waals surface area (Å²) in [6, 6.07) is 0.523. The molecule has 0 spiro atoms. The van der Waals surface area contributed by atoms with Gasteiger partial charge in [-0.3, -0.25) is 4.99 Å². The summed E-state index contributed by atoms with van der Waals surface area (Å²) in [7, 11) is 0. The number of guanidine groups is 1. The molecule has 0 amide bonds. The van der Waals surface area contributed by atoms with Gasteiger partial charge >= 0.3 is 0 Å². The normalized spacial score (nSPS) is 37.1. The Hall–Kier alpha value is -0.0400. The molecular weight excluding hydrogens is 365 g/mol. The predicted octanol–water partition coefficient (Wildman–Crippen LogP) is 2.39. The summed E-state index contributed by atoms with van der Waals surface area (Å²) in [5.41, 5.74) is 5.47. The highest BCUT2D eigenvalue weighted by atomic mass is 127. The lowest BCUT2D eigenvalue weighted by Crippen LogP contribution is -2.39. The Bertz CT molecular complexity index is 357. The number of aliphatic hydroxyl groups is 1. The molecule has 0 saturated heterocycles. The van der Waals surface area contributed by atoms with Crippen LogP contribution in [0.2, 0.25) is 0 Å². The lowest BCUT2D eigenvalue weighted by molar-refractivity contribution is -0.0181. The van der Waals surface area contributed by atoms with Crippen LogP contribution in [-0.2, 0) is 0 Å². The molecule has 3 aliphatic carbocycles. The number of hydrogen-bond acceptors (Lipinski definition) is 2. The number of nitrogens with two attached hydrogens (primary N) is 1. The maximum absolute atomic E-state index is 10.6. The average Bonchev–Trinajstić information content (AvgIpc) is 3.05. The third kappa shape index (κ3) is 3.59. The van der Waals surface area contributed by atoms with Gasteiger partial charge in [-0.05, 0) is 56.8 Å². The van der Waals surface area contributed by atoms with Gasteiger partial charge in [-0.2, -0.15) is 0 Å². The molecule has 3 fully saturated rings. The molecule has 0 radical (unpaired) electrons. The lowest BCUT2D eigenvalue weighted by Gasteiger charge is -2.32. The van der Waals surface area contributed by atoms with Crippen molar-refractivity contribution < 1.29 is 5.11 Å². The molecule has 3 rings (SSSR count). The van der Waals surface area contributed by atoms with Crippen LogP contribution >= 0.6 is 24.0 Å². The van der Waals surface area contributed by atoms with Gasteiger partial charge in [-0.15, -0.1) is 24.0 Å². The number of aliphatic imine (C=N–C) groups is 1. The van der Waals surface area contributed by atoms with Crippen molar-refractivity contribution in [2.45, 2.75) is 69.4 Å². The van der Waals surface area contributed by atoms with E-state index in [1.807, 2.05) is 0 Å². The Kier molecular flexibility index (Phi) is 5.56. The van der Waals surface area contributed by atoms with Gasteiger partial charge in [0.05, 0.1) is 5.60 Å². The van der Waals surface area contributed by atoms with Crippen LogP contribution in [0.4, 0.5) is 0 Å². The molecular formula is C15H28IN3O. The Morgan fingerprint density at radius 1 is 1.25 bits per heavy atom. The van der Waals surface area contributed by atoms with Crippen LogP contribution in [0.25, 0.3) is 0 Å². The number of nitrogens with zero attached hydrogens (tertiary/aromatic N) is 1. The van der Waals surface area contributed by atoms with Crippen molar-refractivity contribution in [2.75, 3.05) is 6.54 Å². The Balaban J connectivity index is 0.00000147. The summed E-state index contributed by atoms with van der Waals surface area (Å²) < 4.78 is 0. The van der Waals surface area contributed by atoms with E-state index in [4.69, 9.17) is 5.73 Å². The Labute approximate surface area is 139 Å². The fraction of sp³-hybridized carbons (Fsp3) is 0.933. The summed E-state index contributed by atoms with van der Waals surface area (Å²) in [4.78, 5) is 4.40. The first-order chi connectivity index (χ1) is 9.16. The van der Waals surface area contributed by atoms with Crippen LogP contribution in [0, 0.1) is 11.8 Å². The molecule has 20 heavy (non-hydrogen) atoms. The summed E-state index contributed by atoms with van der Waals surface area (Å²) >= 11 is 0. The molecule has 2 bridgehead atoms. The highest BCUT2D eigenvalue weighted by molar-refractivity contribution is 14.0. The molecule has 0 heterocycles. The summed E-state index contributed by atoms with van der Waals surface area (Å²) in [6.45, 7) is 0.658. The lowest BCUT2D eigenvalue weighted by atomic mass is 9.82. The minimum absolute atomic E-state index is 0. The molecule has 0 aliphatic heterocycles. The van der Waals surface area contributed by atoms with Gasteiger partial charge in [0.15, 0.2) is 5.96 Å². The number of rotatable bonds is 4. The van der Waals surface area contributed by atoms with Crippen LogP contribution in [0.5, 0.6) is 0 Å². The van der Waals surface area contributed by atoms with Crippen molar-refractivity contribution in [1.82, 2.24) is 5.32 Å². The van der Waals surface area contributed by atoms with E-state index in [1.165, 1.54) is 44.9 Å². The quantitative estimate of drug-likeness (QED) is 0.390. The van der Waals surface area contributed by atoms with E-state index in [9.17, 15) is 5.11 Å². The number of hydrogen-bond donors (Lipinski definition) is 3. The van der Waals surface area contributed by atoms with E-state index in [2.05, 4.69) is 10.3 Å². The third-order valence-electron chi connectivity index (χ3n) is 5.48. The van der Waals surface area contributed by atoms with Crippen LogP contribution in [-0.4, -0.2) is 29.3 Å². The monoisotopic (exact) mass is 393 g/mol. The zero-order chi connectivity index (χ0) is 13.3. The maximum Gasteiger partial charge on any atom is 0.188 e. The molecule has 0 aromatic rings.